The zero-order valence-corrected chi connectivity index (χ0v) is 7.51. The molecule has 0 aliphatic heterocycles. The highest BCUT2D eigenvalue weighted by molar-refractivity contribution is 5.73. The average molecular weight is 158 g/mol. The highest BCUT2D eigenvalue weighted by Crippen LogP contribution is 2.18. The predicted molar refractivity (Wildman–Crippen MR) is 55.1 cm³/mol. The van der Waals surface area contributed by atoms with Crippen molar-refractivity contribution in [2.45, 2.75) is 13.3 Å². The van der Waals surface area contributed by atoms with Gasteiger partial charge in [-0.1, -0.05) is 50.4 Å². The van der Waals surface area contributed by atoms with Crippen molar-refractivity contribution in [3.05, 3.63) is 54.6 Å². The molecule has 12 heavy (non-hydrogen) atoms. The molecule has 0 aliphatic carbocycles. The van der Waals surface area contributed by atoms with Crippen molar-refractivity contribution in [3.8, 4) is 0 Å². The summed E-state index contributed by atoms with van der Waals surface area (Å²) in [4.78, 5) is 0. The van der Waals surface area contributed by atoms with Crippen LogP contribution < -0.4 is 0 Å². The van der Waals surface area contributed by atoms with Gasteiger partial charge in [-0.3, -0.25) is 0 Å². The summed E-state index contributed by atoms with van der Waals surface area (Å²) >= 11 is 0. The lowest BCUT2D eigenvalue weighted by atomic mass is 9.99. The normalized spacial score (nSPS) is 9.42. The minimum atomic E-state index is 1.01. The Hall–Kier alpha value is -1.30. The average Bonchev–Trinajstić information content (AvgIpc) is 2.16. The van der Waals surface area contributed by atoms with Crippen molar-refractivity contribution < 1.29 is 0 Å². The van der Waals surface area contributed by atoms with Gasteiger partial charge in [0.05, 0.1) is 0 Å². The molecule has 0 fully saturated rings. The maximum atomic E-state index is 3.93. The molecule has 0 aliphatic rings. The van der Waals surface area contributed by atoms with Crippen LogP contribution in [0, 0.1) is 0 Å². The second kappa shape index (κ2) is 3.91. The molecule has 0 atom stereocenters. The van der Waals surface area contributed by atoms with E-state index < -0.39 is 0 Å². The maximum Gasteiger partial charge on any atom is -0.0158 e. The van der Waals surface area contributed by atoms with Gasteiger partial charge in [-0.05, 0) is 23.1 Å². The summed E-state index contributed by atoms with van der Waals surface area (Å²) in [7, 11) is 0. The molecule has 62 valence electrons. The quantitative estimate of drug-likeness (QED) is 0.591. The molecule has 0 saturated carbocycles. The third-order valence-corrected chi connectivity index (χ3v) is 1.99. The Labute approximate surface area is 74.2 Å². The van der Waals surface area contributed by atoms with Gasteiger partial charge in [-0.25, -0.2) is 0 Å². The van der Waals surface area contributed by atoms with E-state index in [0.717, 1.165) is 12.0 Å². The minimum absolute atomic E-state index is 1.01. The van der Waals surface area contributed by atoms with E-state index in [9.17, 15) is 0 Å². The molecule has 0 aromatic heterocycles. The first-order chi connectivity index (χ1) is 5.79. The summed E-state index contributed by atoms with van der Waals surface area (Å²) in [6, 6.07) is 8.30. The van der Waals surface area contributed by atoms with Crippen molar-refractivity contribution in [3.63, 3.8) is 0 Å². The number of hydrogen-bond donors (Lipinski definition) is 0. The van der Waals surface area contributed by atoms with E-state index in [0.29, 0.717) is 0 Å². The third-order valence-electron chi connectivity index (χ3n) is 1.99. The Morgan fingerprint density at radius 1 is 1.42 bits per heavy atom. The molecule has 0 amide bonds. The van der Waals surface area contributed by atoms with E-state index >= 15 is 0 Å². The van der Waals surface area contributed by atoms with Crippen LogP contribution in [-0.4, -0.2) is 0 Å². The largest absolute Gasteiger partial charge is 0.0985 e. The van der Waals surface area contributed by atoms with Crippen LogP contribution in [0.2, 0.25) is 0 Å². The molecular weight excluding hydrogens is 144 g/mol. The second-order valence-electron chi connectivity index (χ2n) is 2.74. The van der Waals surface area contributed by atoms with Crippen molar-refractivity contribution in [1.29, 1.82) is 0 Å². The topological polar surface area (TPSA) is 0 Å². The van der Waals surface area contributed by atoms with Crippen molar-refractivity contribution >= 4 is 5.57 Å². The number of benzene rings is 1. The van der Waals surface area contributed by atoms with Crippen LogP contribution in [0.25, 0.3) is 5.57 Å². The molecule has 1 rings (SSSR count). The number of rotatable bonds is 3. The number of allylic oxidation sites excluding steroid dienone is 2. The Balaban J connectivity index is 3.13. The van der Waals surface area contributed by atoms with Crippen molar-refractivity contribution in [2.24, 2.45) is 0 Å². The van der Waals surface area contributed by atoms with E-state index in [2.05, 4.69) is 38.3 Å². The van der Waals surface area contributed by atoms with Crippen molar-refractivity contribution in [1.82, 2.24) is 0 Å². The van der Waals surface area contributed by atoms with Gasteiger partial charge in [0.15, 0.2) is 0 Å². The van der Waals surface area contributed by atoms with Crippen LogP contribution >= 0.6 is 0 Å². The summed E-state index contributed by atoms with van der Waals surface area (Å²) in [5.41, 5.74) is 3.56. The van der Waals surface area contributed by atoms with Gasteiger partial charge in [-0.15, -0.1) is 0 Å². The highest BCUT2D eigenvalue weighted by atomic mass is 14.0. The summed E-state index contributed by atoms with van der Waals surface area (Å²) < 4.78 is 0. The fraction of sp³-hybridized carbons (Fsp3) is 0.167. The van der Waals surface area contributed by atoms with Gasteiger partial charge in [0, 0.05) is 0 Å². The monoisotopic (exact) mass is 158 g/mol. The molecule has 1 aromatic carbocycles. The Morgan fingerprint density at radius 2 is 2.08 bits per heavy atom. The lowest BCUT2D eigenvalue weighted by molar-refractivity contribution is 1.13. The summed E-state index contributed by atoms with van der Waals surface area (Å²) in [5, 5.41) is 0. The Kier molecular flexibility index (Phi) is 2.87. The zero-order chi connectivity index (χ0) is 8.97. The first-order valence-corrected chi connectivity index (χ1v) is 4.19. The van der Waals surface area contributed by atoms with Gasteiger partial charge in [0.2, 0.25) is 0 Å². The van der Waals surface area contributed by atoms with Gasteiger partial charge in [0.1, 0.15) is 0 Å². The van der Waals surface area contributed by atoms with E-state index in [4.69, 9.17) is 0 Å². The van der Waals surface area contributed by atoms with Gasteiger partial charge in [-0.2, -0.15) is 0 Å². The third kappa shape index (κ3) is 1.65. The fourth-order valence-corrected chi connectivity index (χ4v) is 1.25. The van der Waals surface area contributed by atoms with Gasteiger partial charge >= 0.3 is 0 Å². The van der Waals surface area contributed by atoms with Crippen LogP contribution in [0.15, 0.2) is 43.5 Å². The Bertz CT molecular complexity index is 295. The van der Waals surface area contributed by atoms with Gasteiger partial charge in [0.25, 0.3) is 0 Å². The molecule has 0 saturated heterocycles. The molecule has 0 bridgehead atoms. The first-order valence-electron chi connectivity index (χ1n) is 4.19. The molecule has 0 heteroatoms. The van der Waals surface area contributed by atoms with E-state index in [1.54, 1.807) is 6.08 Å². The highest BCUT2D eigenvalue weighted by Gasteiger charge is 1.99. The lowest BCUT2D eigenvalue weighted by Crippen LogP contribution is -1.88. The van der Waals surface area contributed by atoms with E-state index in [1.807, 2.05) is 6.07 Å². The minimum Gasteiger partial charge on any atom is -0.0985 e. The van der Waals surface area contributed by atoms with Crippen molar-refractivity contribution in [2.75, 3.05) is 0 Å². The second-order valence-corrected chi connectivity index (χ2v) is 2.74. The van der Waals surface area contributed by atoms with Crippen LogP contribution in [0.1, 0.15) is 18.1 Å². The first kappa shape index (κ1) is 8.79. The maximum absolute atomic E-state index is 3.93. The van der Waals surface area contributed by atoms with Crippen LogP contribution in [0.4, 0.5) is 0 Å². The lowest BCUT2D eigenvalue weighted by Gasteiger charge is -2.06. The predicted octanol–water partition coefficient (Wildman–Crippen LogP) is 3.45. The summed E-state index contributed by atoms with van der Waals surface area (Å²) in [5.74, 6) is 0. The number of hydrogen-bond acceptors (Lipinski definition) is 0. The fourth-order valence-electron chi connectivity index (χ4n) is 1.25. The smallest absolute Gasteiger partial charge is 0.0158 e. The zero-order valence-electron chi connectivity index (χ0n) is 7.51. The molecule has 1 aromatic rings. The Morgan fingerprint density at radius 3 is 2.67 bits per heavy atom. The molecule has 0 radical (unpaired) electrons. The van der Waals surface area contributed by atoms with E-state index in [-0.39, 0.29) is 0 Å². The molecule has 0 spiro atoms. The van der Waals surface area contributed by atoms with Crippen LogP contribution in [0.3, 0.4) is 0 Å². The molecule has 0 N–H and O–H groups in total. The molecule has 0 nitrogen and oxygen atoms in total. The molecule has 0 heterocycles. The standard InChI is InChI=1S/C12H14/c1-4-10(3)12-9-7-6-8-11(12)5-2/h4,6-9H,1,3,5H2,2H3. The summed E-state index contributed by atoms with van der Waals surface area (Å²) in [6.07, 6.45) is 2.84. The molecule has 0 unspecified atom stereocenters. The van der Waals surface area contributed by atoms with Crippen LogP contribution in [-0.2, 0) is 6.42 Å². The summed E-state index contributed by atoms with van der Waals surface area (Å²) in [6.45, 7) is 9.79. The van der Waals surface area contributed by atoms with E-state index in [1.165, 1.54) is 11.1 Å². The van der Waals surface area contributed by atoms with Gasteiger partial charge < -0.3 is 0 Å². The SMILES string of the molecule is C=CC(=C)c1ccccc1CC. The van der Waals surface area contributed by atoms with Crippen LogP contribution in [0.5, 0.6) is 0 Å². The number of aryl methyl sites for hydroxylation is 1. The molecular formula is C12H14.